The number of imidazole rings is 1. The molecule has 0 spiro atoms. The maximum absolute atomic E-state index is 12.4. The Bertz CT molecular complexity index is 1260. The SMILES string of the molecule is Cc1ccccc1CC(=O)NCCCc1nc2ccccc2n1CCCCOc1ccccc1C. The molecule has 0 unspecified atom stereocenters. The first-order valence-electron chi connectivity index (χ1n) is 12.6. The van der Waals surface area contributed by atoms with Crippen LogP contribution in [0.2, 0.25) is 0 Å². The summed E-state index contributed by atoms with van der Waals surface area (Å²) in [5.74, 6) is 2.12. The van der Waals surface area contributed by atoms with Gasteiger partial charge in [-0.05, 0) is 68.0 Å². The highest BCUT2D eigenvalue weighted by Gasteiger charge is 2.11. The zero-order valence-corrected chi connectivity index (χ0v) is 20.8. The van der Waals surface area contributed by atoms with E-state index in [4.69, 9.17) is 9.72 Å². The van der Waals surface area contributed by atoms with Crippen molar-refractivity contribution in [2.24, 2.45) is 0 Å². The Balaban J connectivity index is 1.27. The van der Waals surface area contributed by atoms with Crippen LogP contribution in [0.3, 0.4) is 0 Å². The number of aryl methyl sites for hydroxylation is 4. The molecular formula is C30H35N3O2. The van der Waals surface area contributed by atoms with E-state index in [1.54, 1.807) is 0 Å². The summed E-state index contributed by atoms with van der Waals surface area (Å²) < 4.78 is 8.29. The molecule has 5 heteroatoms. The van der Waals surface area contributed by atoms with Gasteiger partial charge in [0.15, 0.2) is 0 Å². The van der Waals surface area contributed by atoms with Gasteiger partial charge in [-0.3, -0.25) is 4.79 Å². The van der Waals surface area contributed by atoms with Crippen molar-refractivity contribution in [3.8, 4) is 5.75 Å². The van der Waals surface area contributed by atoms with Gasteiger partial charge in [-0.1, -0.05) is 54.6 Å². The smallest absolute Gasteiger partial charge is 0.224 e. The predicted molar refractivity (Wildman–Crippen MR) is 142 cm³/mol. The first-order valence-corrected chi connectivity index (χ1v) is 12.6. The van der Waals surface area contributed by atoms with Crippen LogP contribution in [0.4, 0.5) is 0 Å². The molecule has 1 amide bonds. The van der Waals surface area contributed by atoms with Crippen LogP contribution < -0.4 is 10.1 Å². The number of fused-ring (bicyclic) bond motifs is 1. The number of carbonyl (C=O) groups excluding carboxylic acids is 1. The number of ether oxygens (including phenoxy) is 1. The fourth-order valence-electron chi connectivity index (χ4n) is 4.36. The normalized spacial score (nSPS) is 11.0. The molecule has 0 fully saturated rings. The molecule has 0 aliphatic carbocycles. The lowest BCUT2D eigenvalue weighted by Crippen LogP contribution is -2.26. The third kappa shape index (κ3) is 6.72. The topological polar surface area (TPSA) is 56.2 Å². The first kappa shape index (κ1) is 24.5. The average molecular weight is 470 g/mol. The summed E-state index contributed by atoms with van der Waals surface area (Å²) in [6.45, 7) is 6.39. The van der Waals surface area contributed by atoms with E-state index in [0.29, 0.717) is 19.6 Å². The van der Waals surface area contributed by atoms with E-state index >= 15 is 0 Å². The number of nitrogens with zero attached hydrogens (tertiary/aromatic N) is 2. The second-order valence-electron chi connectivity index (χ2n) is 9.05. The molecule has 0 aliphatic heterocycles. The number of benzene rings is 3. The zero-order chi connectivity index (χ0) is 24.5. The highest BCUT2D eigenvalue weighted by Crippen LogP contribution is 2.19. The second-order valence-corrected chi connectivity index (χ2v) is 9.05. The Morgan fingerprint density at radius 2 is 1.63 bits per heavy atom. The number of nitrogens with one attached hydrogen (secondary N) is 1. The molecule has 0 radical (unpaired) electrons. The number of amides is 1. The number of carbonyl (C=O) groups is 1. The van der Waals surface area contributed by atoms with Crippen LogP contribution in [0.5, 0.6) is 5.75 Å². The van der Waals surface area contributed by atoms with Gasteiger partial charge in [-0.15, -0.1) is 0 Å². The summed E-state index contributed by atoms with van der Waals surface area (Å²) in [7, 11) is 0. The van der Waals surface area contributed by atoms with Crippen LogP contribution in [0.25, 0.3) is 11.0 Å². The van der Waals surface area contributed by atoms with Crippen LogP contribution in [-0.2, 0) is 24.2 Å². The van der Waals surface area contributed by atoms with Crippen molar-refractivity contribution in [3.05, 3.63) is 95.3 Å². The zero-order valence-electron chi connectivity index (χ0n) is 20.8. The Hall–Kier alpha value is -3.60. The van der Waals surface area contributed by atoms with E-state index in [1.807, 2.05) is 55.5 Å². The fourth-order valence-corrected chi connectivity index (χ4v) is 4.36. The Morgan fingerprint density at radius 1 is 0.886 bits per heavy atom. The molecule has 0 bridgehead atoms. The minimum absolute atomic E-state index is 0.0708. The van der Waals surface area contributed by atoms with Crippen molar-refractivity contribution in [3.63, 3.8) is 0 Å². The number of para-hydroxylation sites is 3. The van der Waals surface area contributed by atoms with E-state index in [2.05, 4.69) is 41.1 Å². The number of rotatable bonds is 12. The van der Waals surface area contributed by atoms with Gasteiger partial charge < -0.3 is 14.6 Å². The van der Waals surface area contributed by atoms with Crippen LogP contribution in [0, 0.1) is 13.8 Å². The van der Waals surface area contributed by atoms with Crippen LogP contribution in [0.1, 0.15) is 41.8 Å². The summed E-state index contributed by atoms with van der Waals surface area (Å²) in [6.07, 6.45) is 4.12. The van der Waals surface area contributed by atoms with Gasteiger partial charge >= 0.3 is 0 Å². The van der Waals surface area contributed by atoms with E-state index in [1.165, 1.54) is 11.1 Å². The summed E-state index contributed by atoms with van der Waals surface area (Å²) in [6, 6.07) is 24.5. The monoisotopic (exact) mass is 469 g/mol. The molecule has 5 nitrogen and oxygen atoms in total. The molecule has 0 aliphatic rings. The first-order chi connectivity index (χ1) is 17.1. The Kier molecular flexibility index (Phi) is 8.55. The third-order valence-corrected chi connectivity index (χ3v) is 6.37. The lowest BCUT2D eigenvalue weighted by atomic mass is 10.1. The van der Waals surface area contributed by atoms with Crippen molar-refractivity contribution < 1.29 is 9.53 Å². The van der Waals surface area contributed by atoms with Gasteiger partial charge in [0.25, 0.3) is 0 Å². The molecule has 1 N–H and O–H groups in total. The second kappa shape index (κ2) is 12.2. The van der Waals surface area contributed by atoms with Gasteiger partial charge in [0.05, 0.1) is 24.1 Å². The molecule has 4 aromatic rings. The number of hydrogen-bond acceptors (Lipinski definition) is 3. The number of hydrogen-bond donors (Lipinski definition) is 1. The van der Waals surface area contributed by atoms with E-state index < -0.39 is 0 Å². The molecule has 3 aromatic carbocycles. The number of unbranched alkanes of at least 4 members (excludes halogenated alkanes) is 1. The molecule has 0 saturated heterocycles. The van der Waals surface area contributed by atoms with Crippen LogP contribution in [-0.4, -0.2) is 28.6 Å². The molecule has 4 rings (SSSR count). The summed E-state index contributed by atoms with van der Waals surface area (Å²) >= 11 is 0. The summed E-state index contributed by atoms with van der Waals surface area (Å²) in [5.41, 5.74) is 5.61. The molecule has 1 aromatic heterocycles. The number of aromatic nitrogens is 2. The minimum atomic E-state index is 0.0708. The van der Waals surface area contributed by atoms with Crippen molar-refractivity contribution in [1.29, 1.82) is 0 Å². The molecule has 0 atom stereocenters. The van der Waals surface area contributed by atoms with Crippen molar-refractivity contribution in [1.82, 2.24) is 14.9 Å². The lowest BCUT2D eigenvalue weighted by Gasteiger charge is -2.11. The quantitative estimate of drug-likeness (QED) is 0.267. The van der Waals surface area contributed by atoms with Crippen LogP contribution >= 0.6 is 0 Å². The lowest BCUT2D eigenvalue weighted by molar-refractivity contribution is -0.120. The fraction of sp³-hybridized carbons (Fsp3) is 0.333. The van der Waals surface area contributed by atoms with Crippen molar-refractivity contribution in [2.75, 3.05) is 13.2 Å². The third-order valence-electron chi connectivity index (χ3n) is 6.37. The largest absolute Gasteiger partial charge is 0.493 e. The Labute approximate surface area is 208 Å². The van der Waals surface area contributed by atoms with Crippen molar-refractivity contribution in [2.45, 2.75) is 52.5 Å². The van der Waals surface area contributed by atoms with Gasteiger partial charge in [0, 0.05) is 19.5 Å². The molecule has 1 heterocycles. The maximum atomic E-state index is 12.4. The Morgan fingerprint density at radius 3 is 2.46 bits per heavy atom. The predicted octanol–water partition coefficient (Wildman–Crippen LogP) is 5.80. The maximum Gasteiger partial charge on any atom is 0.224 e. The van der Waals surface area contributed by atoms with Gasteiger partial charge in [0.2, 0.25) is 5.91 Å². The van der Waals surface area contributed by atoms with Crippen LogP contribution in [0.15, 0.2) is 72.8 Å². The van der Waals surface area contributed by atoms with E-state index in [9.17, 15) is 4.79 Å². The molecular weight excluding hydrogens is 434 g/mol. The highest BCUT2D eigenvalue weighted by atomic mass is 16.5. The van der Waals surface area contributed by atoms with E-state index in [-0.39, 0.29) is 5.91 Å². The minimum Gasteiger partial charge on any atom is -0.493 e. The van der Waals surface area contributed by atoms with Gasteiger partial charge in [0.1, 0.15) is 11.6 Å². The summed E-state index contributed by atoms with van der Waals surface area (Å²) in [5, 5.41) is 3.07. The molecule has 35 heavy (non-hydrogen) atoms. The summed E-state index contributed by atoms with van der Waals surface area (Å²) in [4.78, 5) is 17.3. The van der Waals surface area contributed by atoms with E-state index in [0.717, 1.165) is 60.4 Å². The van der Waals surface area contributed by atoms with Gasteiger partial charge in [-0.2, -0.15) is 0 Å². The van der Waals surface area contributed by atoms with Gasteiger partial charge in [-0.25, -0.2) is 4.98 Å². The average Bonchev–Trinajstić information content (AvgIpc) is 3.21. The molecule has 0 saturated carbocycles. The highest BCUT2D eigenvalue weighted by molar-refractivity contribution is 5.79. The molecule has 182 valence electrons. The standard InChI is InChI=1S/C30H35N3O2/c1-23-12-3-5-14-25(23)22-30(34)31-19-11-18-29-32-26-15-6-7-16-27(26)33(29)20-9-10-21-35-28-17-8-4-13-24(28)2/h3-8,12-17H,9-11,18-22H2,1-2H3,(H,31,34). The van der Waals surface area contributed by atoms with Crippen molar-refractivity contribution >= 4 is 16.9 Å².